The molecule has 8 aromatic rings. The van der Waals surface area contributed by atoms with E-state index in [1.165, 1.54) is 49.9 Å². The summed E-state index contributed by atoms with van der Waals surface area (Å²) in [7, 11) is 0. The first-order chi connectivity index (χ1) is 24.0. The number of aromatic nitrogens is 2. The predicted molar refractivity (Wildman–Crippen MR) is 204 cm³/mol. The van der Waals surface area contributed by atoms with Crippen LogP contribution >= 0.6 is 0 Å². The average molecular weight is 627 g/mol. The maximum Gasteiger partial charge on any atom is 0.161 e. The van der Waals surface area contributed by atoms with Gasteiger partial charge in [0.25, 0.3) is 0 Å². The molecule has 0 atom stereocenters. The molecule has 1 aliphatic carbocycles. The van der Waals surface area contributed by atoms with E-state index < -0.39 is 0 Å². The van der Waals surface area contributed by atoms with Gasteiger partial charge in [-0.05, 0) is 79.5 Å². The molecule has 0 saturated heterocycles. The Morgan fingerprint density at radius 1 is 0.347 bits per heavy atom. The Kier molecular flexibility index (Phi) is 6.84. The van der Waals surface area contributed by atoms with Crippen molar-refractivity contribution < 1.29 is 0 Å². The van der Waals surface area contributed by atoms with Crippen molar-refractivity contribution >= 4 is 10.8 Å². The minimum Gasteiger partial charge on any atom is -0.228 e. The molecule has 1 heterocycles. The van der Waals surface area contributed by atoms with Crippen LogP contribution in [0.25, 0.3) is 78.1 Å². The van der Waals surface area contributed by atoms with Gasteiger partial charge in [0.1, 0.15) is 0 Å². The molecule has 0 fully saturated rings. The van der Waals surface area contributed by atoms with E-state index in [1.54, 1.807) is 0 Å². The molecular formula is C47H34N2. The van der Waals surface area contributed by atoms with Crippen LogP contribution < -0.4 is 0 Å². The van der Waals surface area contributed by atoms with Crippen molar-refractivity contribution in [1.82, 2.24) is 9.97 Å². The highest BCUT2D eigenvalue weighted by atomic mass is 14.9. The second-order valence-corrected chi connectivity index (χ2v) is 13.4. The zero-order valence-electron chi connectivity index (χ0n) is 27.6. The van der Waals surface area contributed by atoms with Gasteiger partial charge in [0.05, 0.1) is 11.4 Å². The summed E-state index contributed by atoms with van der Waals surface area (Å²) in [5.74, 6) is 0.721. The minimum absolute atomic E-state index is 0.0359. The van der Waals surface area contributed by atoms with E-state index in [0.717, 1.165) is 39.3 Å². The molecule has 2 heteroatoms. The van der Waals surface area contributed by atoms with Gasteiger partial charge in [-0.2, -0.15) is 0 Å². The molecule has 0 saturated carbocycles. The Hall–Kier alpha value is -6.12. The van der Waals surface area contributed by atoms with Crippen LogP contribution in [0.4, 0.5) is 0 Å². The van der Waals surface area contributed by atoms with Crippen LogP contribution in [0.15, 0.2) is 170 Å². The van der Waals surface area contributed by atoms with Crippen molar-refractivity contribution in [3.8, 4) is 67.3 Å². The predicted octanol–water partition coefficient (Wildman–Crippen LogP) is 12.3. The molecule has 0 amide bonds. The van der Waals surface area contributed by atoms with E-state index in [-0.39, 0.29) is 5.41 Å². The zero-order chi connectivity index (χ0) is 33.0. The summed E-state index contributed by atoms with van der Waals surface area (Å²) in [5, 5.41) is 2.31. The smallest absolute Gasteiger partial charge is 0.161 e. The van der Waals surface area contributed by atoms with Gasteiger partial charge in [-0.1, -0.05) is 159 Å². The van der Waals surface area contributed by atoms with Crippen LogP contribution in [0.5, 0.6) is 0 Å². The largest absolute Gasteiger partial charge is 0.228 e. The van der Waals surface area contributed by atoms with Gasteiger partial charge in [-0.15, -0.1) is 0 Å². The summed E-state index contributed by atoms with van der Waals surface area (Å²) < 4.78 is 0. The summed E-state index contributed by atoms with van der Waals surface area (Å²) in [6, 6.07) is 60.7. The molecule has 7 aromatic carbocycles. The van der Waals surface area contributed by atoms with E-state index >= 15 is 0 Å². The number of fused-ring (bicyclic) bond motifs is 4. The molecule has 0 aliphatic heterocycles. The number of benzene rings is 7. The standard InChI is InChI=1S/C47H34N2/c1-47(2)42-23-12-11-22-39(42)40-25-24-34(29-43(40)47)33-18-13-19-35(28-33)36-26-27-41(38-21-10-9-20-37(36)38)46-48-44(31-14-5-3-6-15-31)30-45(49-46)32-16-7-4-8-17-32/h3-30H,1-2H3. The molecule has 0 unspecified atom stereocenters. The van der Waals surface area contributed by atoms with Crippen LogP contribution in [0.2, 0.25) is 0 Å². The summed E-state index contributed by atoms with van der Waals surface area (Å²) in [6.45, 7) is 4.68. The molecule has 2 nitrogen and oxygen atoms in total. The SMILES string of the molecule is CC1(C)c2ccccc2-c2ccc(-c3cccc(-c4ccc(-c5nc(-c6ccccc6)cc(-c6ccccc6)n5)c5ccccc45)c3)cc21. The molecular weight excluding hydrogens is 593 g/mol. The minimum atomic E-state index is -0.0359. The molecule has 0 bridgehead atoms. The van der Waals surface area contributed by atoms with Gasteiger partial charge in [0, 0.05) is 22.1 Å². The first-order valence-corrected chi connectivity index (χ1v) is 16.9. The highest BCUT2D eigenvalue weighted by Crippen LogP contribution is 2.49. The van der Waals surface area contributed by atoms with Gasteiger partial charge in [-0.3, -0.25) is 0 Å². The number of hydrogen-bond acceptors (Lipinski definition) is 2. The van der Waals surface area contributed by atoms with E-state index in [9.17, 15) is 0 Å². The molecule has 0 N–H and O–H groups in total. The van der Waals surface area contributed by atoms with Crippen molar-refractivity contribution in [2.75, 3.05) is 0 Å². The Bertz CT molecular complexity index is 2450. The van der Waals surface area contributed by atoms with Crippen LogP contribution in [0.3, 0.4) is 0 Å². The second-order valence-electron chi connectivity index (χ2n) is 13.4. The number of rotatable bonds is 5. The summed E-state index contributed by atoms with van der Waals surface area (Å²) in [4.78, 5) is 10.3. The van der Waals surface area contributed by atoms with Crippen molar-refractivity contribution in [1.29, 1.82) is 0 Å². The summed E-state index contributed by atoms with van der Waals surface area (Å²) in [6.07, 6.45) is 0. The lowest BCUT2D eigenvalue weighted by Crippen LogP contribution is -2.14. The summed E-state index contributed by atoms with van der Waals surface area (Å²) in [5.41, 5.74) is 15.3. The average Bonchev–Trinajstić information content (AvgIpc) is 3.40. The van der Waals surface area contributed by atoms with Gasteiger partial charge >= 0.3 is 0 Å². The van der Waals surface area contributed by atoms with E-state index in [0.29, 0.717) is 0 Å². The Labute approximate surface area is 287 Å². The lowest BCUT2D eigenvalue weighted by Gasteiger charge is -2.22. The summed E-state index contributed by atoms with van der Waals surface area (Å²) >= 11 is 0. The van der Waals surface area contributed by atoms with Crippen molar-refractivity contribution in [2.45, 2.75) is 19.3 Å². The quantitative estimate of drug-likeness (QED) is 0.190. The molecule has 232 valence electrons. The highest BCUT2D eigenvalue weighted by molar-refractivity contribution is 6.04. The van der Waals surface area contributed by atoms with E-state index in [2.05, 4.69) is 172 Å². The molecule has 1 aromatic heterocycles. The molecule has 1 aliphatic rings. The molecule has 9 rings (SSSR count). The van der Waals surface area contributed by atoms with E-state index in [4.69, 9.17) is 9.97 Å². The van der Waals surface area contributed by atoms with Gasteiger partial charge in [0.2, 0.25) is 0 Å². The molecule has 49 heavy (non-hydrogen) atoms. The molecule has 0 spiro atoms. The van der Waals surface area contributed by atoms with Crippen LogP contribution in [0, 0.1) is 0 Å². The van der Waals surface area contributed by atoms with Crippen molar-refractivity contribution in [3.05, 3.63) is 181 Å². The number of hydrogen-bond donors (Lipinski definition) is 0. The maximum absolute atomic E-state index is 5.15. The third-order valence-corrected chi connectivity index (χ3v) is 10.1. The Balaban J connectivity index is 1.15. The third kappa shape index (κ3) is 4.96. The Morgan fingerprint density at radius 2 is 0.857 bits per heavy atom. The highest BCUT2D eigenvalue weighted by Gasteiger charge is 2.35. The molecule has 0 radical (unpaired) electrons. The van der Waals surface area contributed by atoms with E-state index in [1.807, 2.05) is 12.1 Å². The van der Waals surface area contributed by atoms with Crippen LogP contribution in [-0.4, -0.2) is 9.97 Å². The second kappa shape index (κ2) is 11.5. The lowest BCUT2D eigenvalue weighted by atomic mass is 9.81. The first-order valence-electron chi connectivity index (χ1n) is 16.9. The maximum atomic E-state index is 5.15. The fourth-order valence-electron chi connectivity index (χ4n) is 7.58. The van der Waals surface area contributed by atoms with Gasteiger partial charge < -0.3 is 0 Å². The topological polar surface area (TPSA) is 25.8 Å². The van der Waals surface area contributed by atoms with Crippen LogP contribution in [0.1, 0.15) is 25.0 Å². The number of nitrogens with zero attached hydrogens (tertiary/aromatic N) is 2. The fraction of sp³-hybridized carbons (Fsp3) is 0.0638. The van der Waals surface area contributed by atoms with Crippen molar-refractivity contribution in [3.63, 3.8) is 0 Å². The van der Waals surface area contributed by atoms with Gasteiger partial charge in [0.15, 0.2) is 5.82 Å². The first kappa shape index (κ1) is 29.1. The van der Waals surface area contributed by atoms with Crippen molar-refractivity contribution in [2.24, 2.45) is 0 Å². The van der Waals surface area contributed by atoms with Crippen LogP contribution in [-0.2, 0) is 5.41 Å². The monoisotopic (exact) mass is 626 g/mol. The third-order valence-electron chi connectivity index (χ3n) is 10.1. The Morgan fingerprint density at radius 3 is 1.57 bits per heavy atom. The normalized spacial score (nSPS) is 12.9. The fourth-order valence-corrected chi connectivity index (χ4v) is 7.58. The lowest BCUT2D eigenvalue weighted by molar-refractivity contribution is 0.660. The zero-order valence-corrected chi connectivity index (χ0v) is 27.6. The van der Waals surface area contributed by atoms with Gasteiger partial charge in [-0.25, -0.2) is 9.97 Å².